The number of rotatable bonds is 5. The van der Waals surface area contributed by atoms with Crippen molar-refractivity contribution in [2.75, 3.05) is 0 Å². The molecular formula is C19H21BrO. The van der Waals surface area contributed by atoms with Gasteiger partial charge in [0.25, 0.3) is 0 Å². The van der Waals surface area contributed by atoms with E-state index in [9.17, 15) is 5.11 Å². The lowest BCUT2D eigenvalue weighted by molar-refractivity contribution is 0.181. The number of aliphatic hydroxyl groups excluding tert-OH is 1. The summed E-state index contributed by atoms with van der Waals surface area (Å²) >= 11 is 3.40. The highest BCUT2D eigenvalue weighted by Crippen LogP contribution is 2.26. The fraction of sp³-hybridized carbons (Fsp3) is 0.263. The van der Waals surface area contributed by atoms with Gasteiger partial charge in [-0.05, 0) is 29.7 Å². The van der Waals surface area contributed by atoms with Gasteiger partial charge in [0.15, 0.2) is 0 Å². The molecule has 0 bridgehead atoms. The summed E-state index contributed by atoms with van der Waals surface area (Å²) in [5.74, 6) is 0. The van der Waals surface area contributed by atoms with Gasteiger partial charge in [-0.25, -0.2) is 0 Å². The Morgan fingerprint density at radius 3 is 2.29 bits per heavy atom. The van der Waals surface area contributed by atoms with Gasteiger partial charge in [-0.3, -0.25) is 0 Å². The molecule has 0 amide bonds. The number of halogens is 1. The lowest BCUT2D eigenvalue weighted by Crippen LogP contribution is -2.13. The molecule has 0 aliphatic rings. The molecule has 2 heteroatoms. The standard InChI is InChI=1S/C19H21BrO/c1-19(2,16-7-4-3-5-8-16)14-6-9-18(21)15-10-12-17(20)13-11-15/h3-8,10-14,18,21H,9H2,1-2H3/b14-6-. The van der Waals surface area contributed by atoms with Gasteiger partial charge in [-0.15, -0.1) is 0 Å². The minimum Gasteiger partial charge on any atom is -0.388 e. The maximum Gasteiger partial charge on any atom is 0.0824 e. The molecule has 1 atom stereocenters. The van der Waals surface area contributed by atoms with Crippen LogP contribution < -0.4 is 0 Å². The maximum atomic E-state index is 10.2. The van der Waals surface area contributed by atoms with E-state index >= 15 is 0 Å². The quantitative estimate of drug-likeness (QED) is 0.719. The van der Waals surface area contributed by atoms with Crippen LogP contribution >= 0.6 is 15.9 Å². The van der Waals surface area contributed by atoms with Gasteiger partial charge in [0.05, 0.1) is 6.10 Å². The Bertz CT molecular complexity index is 585. The van der Waals surface area contributed by atoms with Crippen LogP contribution in [0, 0.1) is 0 Å². The van der Waals surface area contributed by atoms with E-state index in [0.29, 0.717) is 6.42 Å². The summed E-state index contributed by atoms with van der Waals surface area (Å²) in [6.45, 7) is 4.37. The summed E-state index contributed by atoms with van der Waals surface area (Å²) < 4.78 is 1.03. The molecule has 0 aliphatic heterocycles. The summed E-state index contributed by atoms with van der Waals surface area (Å²) in [6.07, 6.45) is 4.41. The van der Waals surface area contributed by atoms with E-state index in [-0.39, 0.29) is 5.41 Å². The lowest BCUT2D eigenvalue weighted by atomic mass is 9.84. The Morgan fingerprint density at radius 1 is 1.05 bits per heavy atom. The van der Waals surface area contributed by atoms with Crippen molar-refractivity contribution in [2.24, 2.45) is 0 Å². The van der Waals surface area contributed by atoms with E-state index in [1.165, 1.54) is 5.56 Å². The SMILES string of the molecule is CC(C)(/C=C\CC(O)c1ccc(Br)cc1)c1ccccc1. The molecule has 1 N–H and O–H groups in total. The number of hydrogen-bond acceptors (Lipinski definition) is 1. The molecule has 1 nitrogen and oxygen atoms in total. The Labute approximate surface area is 135 Å². The normalized spacial score (nSPS) is 13.5. The van der Waals surface area contributed by atoms with Gasteiger partial charge >= 0.3 is 0 Å². The maximum absolute atomic E-state index is 10.2. The second-order valence-electron chi connectivity index (χ2n) is 5.79. The van der Waals surface area contributed by atoms with Crippen molar-refractivity contribution in [3.63, 3.8) is 0 Å². The molecule has 0 saturated heterocycles. The molecule has 0 saturated carbocycles. The van der Waals surface area contributed by atoms with E-state index in [1.54, 1.807) is 0 Å². The molecule has 1 unspecified atom stereocenters. The summed E-state index contributed by atoms with van der Waals surface area (Å²) in [5, 5.41) is 10.2. The van der Waals surface area contributed by atoms with Gasteiger partial charge in [0, 0.05) is 9.89 Å². The first-order valence-electron chi connectivity index (χ1n) is 7.16. The minimum absolute atomic E-state index is 0.0271. The van der Waals surface area contributed by atoms with Crippen molar-refractivity contribution in [3.05, 3.63) is 82.3 Å². The van der Waals surface area contributed by atoms with Crippen molar-refractivity contribution in [3.8, 4) is 0 Å². The predicted octanol–water partition coefficient (Wildman–Crippen LogP) is 5.41. The van der Waals surface area contributed by atoms with Gasteiger partial charge in [0.2, 0.25) is 0 Å². The molecule has 2 rings (SSSR count). The van der Waals surface area contributed by atoms with Gasteiger partial charge in [0.1, 0.15) is 0 Å². The van der Waals surface area contributed by atoms with Gasteiger partial charge < -0.3 is 5.11 Å². The highest BCUT2D eigenvalue weighted by atomic mass is 79.9. The molecule has 0 aromatic heterocycles. The molecule has 2 aromatic carbocycles. The molecule has 0 radical (unpaired) electrons. The number of aliphatic hydroxyl groups is 1. The first-order valence-corrected chi connectivity index (χ1v) is 7.95. The topological polar surface area (TPSA) is 20.2 Å². The van der Waals surface area contributed by atoms with Crippen LogP contribution in [0.2, 0.25) is 0 Å². The minimum atomic E-state index is -0.457. The van der Waals surface area contributed by atoms with Gasteiger partial charge in [-0.1, -0.05) is 84.4 Å². The largest absolute Gasteiger partial charge is 0.388 e. The Hall–Kier alpha value is -1.38. The summed E-state index contributed by atoms with van der Waals surface area (Å²) in [6, 6.07) is 18.2. The van der Waals surface area contributed by atoms with E-state index in [4.69, 9.17) is 0 Å². The van der Waals surface area contributed by atoms with Crippen molar-refractivity contribution in [1.82, 2.24) is 0 Å². The first kappa shape index (κ1) is 16.0. The highest BCUT2D eigenvalue weighted by molar-refractivity contribution is 9.10. The van der Waals surface area contributed by atoms with Crippen LogP contribution in [0.1, 0.15) is 37.5 Å². The Morgan fingerprint density at radius 2 is 1.67 bits per heavy atom. The van der Waals surface area contributed by atoms with Crippen molar-refractivity contribution in [2.45, 2.75) is 31.8 Å². The molecule has 0 spiro atoms. The van der Waals surface area contributed by atoms with Crippen molar-refractivity contribution >= 4 is 15.9 Å². The van der Waals surface area contributed by atoms with Gasteiger partial charge in [-0.2, -0.15) is 0 Å². The van der Waals surface area contributed by atoms with Crippen molar-refractivity contribution < 1.29 is 5.11 Å². The fourth-order valence-corrected chi connectivity index (χ4v) is 2.54. The third-order valence-corrected chi connectivity index (χ3v) is 4.20. The molecule has 21 heavy (non-hydrogen) atoms. The number of benzene rings is 2. The molecule has 110 valence electrons. The van der Waals surface area contributed by atoms with E-state index in [0.717, 1.165) is 10.0 Å². The average Bonchev–Trinajstić information content (AvgIpc) is 2.48. The van der Waals surface area contributed by atoms with E-state index in [1.807, 2.05) is 30.3 Å². The second-order valence-corrected chi connectivity index (χ2v) is 6.71. The van der Waals surface area contributed by atoms with E-state index < -0.39 is 6.10 Å². The summed E-state index contributed by atoms with van der Waals surface area (Å²) in [7, 11) is 0. The van der Waals surface area contributed by atoms with Crippen LogP contribution in [0.3, 0.4) is 0 Å². The molecule has 2 aromatic rings. The summed E-state index contributed by atoms with van der Waals surface area (Å²) in [5.41, 5.74) is 2.19. The fourth-order valence-electron chi connectivity index (χ4n) is 2.28. The molecule has 0 aliphatic carbocycles. The van der Waals surface area contributed by atoms with Crippen LogP contribution in [0.25, 0.3) is 0 Å². The Balaban J connectivity index is 2.00. The zero-order chi connectivity index (χ0) is 15.3. The van der Waals surface area contributed by atoms with E-state index in [2.05, 4.69) is 66.2 Å². The van der Waals surface area contributed by atoms with Crippen LogP contribution in [-0.2, 0) is 5.41 Å². The highest BCUT2D eigenvalue weighted by Gasteiger charge is 2.16. The zero-order valence-corrected chi connectivity index (χ0v) is 14.0. The van der Waals surface area contributed by atoms with Crippen LogP contribution in [0.15, 0.2) is 71.2 Å². The lowest BCUT2D eigenvalue weighted by Gasteiger charge is -2.21. The van der Waals surface area contributed by atoms with Crippen LogP contribution in [0.4, 0.5) is 0 Å². The zero-order valence-electron chi connectivity index (χ0n) is 12.5. The Kier molecular flexibility index (Phi) is 5.38. The number of allylic oxidation sites excluding steroid dienone is 1. The third-order valence-electron chi connectivity index (χ3n) is 3.67. The first-order chi connectivity index (χ1) is 9.99. The van der Waals surface area contributed by atoms with Crippen molar-refractivity contribution in [1.29, 1.82) is 0 Å². The monoisotopic (exact) mass is 344 g/mol. The third kappa shape index (κ3) is 4.55. The van der Waals surface area contributed by atoms with Crippen LogP contribution in [0.5, 0.6) is 0 Å². The molecule has 0 fully saturated rings. The molecule has 0 heterocycles. The second kappa shape index (κ2) is 7.06. The predicted molar refractivity (Wildman–Crippen MR) is 92.3 cm³/mol. The molecular weight excluding hydrogens is 324 g/mol. The van der Waals surface area contributed by atoms with Crippen LogP contribution in [-0.4, -0.2) is 5.11 Å². The smallest absolute Gasteiger partial charge is 0.0824 e. The average molecular weight is 345 g/mol. The number of hydrogen-bond donors (Lipinski definition) is 1. The summed E-state index contributed by atoms with van der Waals surface area (Å²) in [4.78, 5) is 0.